The predicted molar refractivity (Wildman–Crippen MR) is 77.7 cm³/mol. The Morgan fingerprint density at radius 3 is 2.47 bits per heavy atom. The summed E-state index contributed by atoms with van der Waals surface area (Å²) in [5.41, 5.74) is 2.53. The highest BCUT2D eigenvalue weighted by atomic mass is 79.9. The third-order valence-corrected chi connectivity index (χ3v) is 4.98. The van der Waals surface area contributed by atoms with Gasteiger partial charge in [0.15, 0.2) is 0 Å². The second kappa shape index (κ2) is 4.97. The molecule has 0 fully saturated rings. The average molecular weight is 344 g/mol. The van der Waals surface area contributed by atoms with Crippen molar-refractivity contribution in [3.05, 3.63) is 39.6 Å². The Bertz CT molecular complexity index is 703. The Morgan fingerprint density at radius 1 is 1.26 bits per heavy atom. The van der Waals surface area contributed by atoms with E-state index in [4.69, 9.17) is 0 Å². The Hall–Kier alpha value is -1.34. The Kier molecular flexibility index (Phi) is 3.69. The lowest BCUT2D eigenvalue weighted by Gasteiger charge is -2.10. The third kappa shape index (κ3) is 2.82. The van der Waals surface area contributed by atoms with Crippen LogP contribution in [-0.4, -0.2) is 18.6 Å². The minimum Gasteiger partial charge on any atom is -0.281 e. The number of aryl methyl sites for hydroxylation is 3. The molecular weight excluding hydrogens is 330 g/mol. The second-order valence-electron chi connectivity index (χ2n) is 4.35. The summed E-state index contributed by atoms with van der Waals surface area (Å²) in [6, 6.07) is 5.42. The van der Waals surface area contributed by atoms with E-state index in [1.54, 1.807) is 19.9 Å². The first kappa shape index (κ1) is 14.1. The molecule has 2 N–H and O–H groups in total. The third-order valence-electron chi connectivity index (χ3n) is 2.70. The molecule has 0 aliphatic heterocycles. The molecular formula is C12H14BrN3O2S. The van der Waals surface area contributed by atoms with Crippen LogP contribution in [0.25, 0.3) is 0 Å². The lowest BCUT2D eigenvalue weighted by atomic mass is 10.2. The zero-order valence-corrected chi connectivity index (χ0v) is 13.2. The number of rotatable bonds is 3. The summed E-state index contributed by atoms with van der Waals surface area (Å²) >= 11 is 3.35. The fourth-order valence-corrected chi connectivity index (χ4v) is 4.01. The summed E-state index contributed by atoms with van der Waals surface area (Å²) < 4.78 is 28.0. The molecule has 0 aliphatic rings. The maximum atomic E-state index is 12.3. The van der Waals surface area contributed by atoms with Crippen molar-refractivity contribution < 1.29 is 8.42 Å². The van der Waals surface area contributed by atoms with Crippen LogP contribution in [0.4, 0.5) is 5.69 Å². The topological polar surface area (TPSA) is 74.8 Å². The second-order valence-corrected chi connectivity index (χ2v) is 6.83. The van der Waals surface area contributed by atoms with E-state index in [0.717, 1.165) is 5.56 Å². The number of benzene rings is 1. The van der Waals surface area contributed by atoms with Gasteiger partial charge in [-0.25, -0.2) is 8.42 Å². The highest BCUT2D eigenvalue weighted by Gasteiger charge is 2.22. The standard InChI is InChI=1S/C12H14BrN3O2S/c1-7-4-5-11(10(13)6-7)16-19(17,18)12-8(2)14-15-9(12)3/h4-6,16H,1-3H3,(H,14,15). The van der Waals surface area contributed by atoms with Gasteiger partial charge in [-0.15, -0.1) is 0 Å². The Balaban J connectivity index is 2.42. The predicted octanol–water partition coefficient (Wildman–Crippen LogP) is 2.90. The molecule has 2 aromatic rings. The molecule has 0 bridgehead atoms. The first-order valence-corrected chi connectivity index (χ1v) is 7.89. The van der Waals surface area contributed by atoms with Crippen molar-refractivity contribution >= 4 is 31.6 Å². The van der Waals surface area contributed by atoms with Gasteiger partial charge in [0.1, 0.15) is 4.90 Å². The van der Waals surface area contributed by atoms with E-state index in [2.05, 4.69) is 30.8 Å². The van der Waals surface area contributed by atoms with Gasteiger partial charge < -0.3 is 0 Å². The molecule has 7 heteroatoms. The van der Waals surface area contributed by atoms with Crippen molar-refractivity contribution in [3.63, 3.8) is 0 Å². The minimum absolute atomic E-state index is 0.194. The number of halogens is 1. The Morgan fingerprint density at radius 2 is 1.95 bits per heavy atom. The van der Waals surface area contributed by atoms with E-state index in [-0.39, 0.29) is 4.90 Å². The van der Waals surface area contributed by atoms with Gasteiger partial charge in [0.05, 0.1) is 17.1 Å². The summed E-state index contributed by atoms with van der Waals surface area (Å²) in [6.07, 6.45) is 0. The molecule has 0 spiro atoms. The van der Waals surface area contributed by atoms with Gasteiger partial charge in [0.2, 0.25) is 0 Å². The maximum absolute atomic E-state index is 12.3. The van der Waals surface area contributed by atoms with E-state index >= 15 is 0 Å². The normalized spacial score (nSPS) is 11.6. The fourth-order valence-electron chi connectivity index (χ4n) is 1.84. The number of hydrogen-bond acceptors (Lipinski definition) is 3. The largest absolute Gasteiger partial charge is 0.281 e. The van der Waals surface area contributed by atoms with Crippen LogP contribution in [0.5, 0.6) is 0 Å². The highest BCUT2D eigenvalue weighted by Crippen LogP contribution is 2.27. The van der Waals surface area contributed by atoms with Crippen molar-refractivity contribution in [1.82, 2.24) is 10.2 Å². The first-order chi connectivity index (χ1) is 8.81. The van der Waals surface area contributed by atoms with E-state index in [1.807, 2.05) is 19.1 Å². The van der Waals surface area contributed by atoms with Gasteiger partial charge in [-0.3, -0.25) is 9.82 Å². The SMILES string of the molecule is Cc1ccc(NS(=O)(=O)c2c(C)n[nH]c2C)c(Br)c1. The van der Waals surface area contributed by atoms with Crippen molar-refractivity contribution in [2.75, 3.05) is 4.72 Å². The number of nitrogens with zero attached hydrogens (tertiary/aromatic N) is 1. The molecule has 0 saturated carbocycles. The van der Waals surface area contributed by atoms with Gasteiger partial charge in [-0.1, -0.05) is 6.07 Å². The maximum Gasteiger partial charge on any atom is 0.265 e. The number of aromatic amines is 1. The van der Waals surface area contributed by atoms with E-state index in [0.29, 0.717) is 21.5 Å². The molecule has 0 atom stereocenters. The van der Waals surface area contributed by atoms with Gasteiger partial charge in [0.25, 0.3) is 10.0 Å². The number of anilines is 1. The van der Waals surface area contributed by atoms with Crippen LogP contribution in [0.15, 0.2) is 27.6 Å². The molecule has 1 heterocycles. The van der Waals surface area contributed by atoms with Crippen LogP contribution < -0.4 is 4.72 Å². The van der Waals surface area contributed by atoms with Gasteiger partial charge >= 0.3 is 0 Å². The van der Waals surface area contributed by atoms with Gasteiger partial charge in [-0.2, -0.15) is 5.10 Å². The lowest BCUT2D eigenvalue weighted by Crippen LogP contribution is -2.15. The molecule has 102 valence electrons. The number of nitrogens with one attached hydrogen (secondary N) is 2. The monoisotopic (exact) mass is 343 g/mol. The van der Waals surface area contributed by atoms with Crippen LogP contribution in [0, 0.1) is 20.8 Å². The van der Waals surface area contributed by atoms with Crippen LogP contribution in [0.3, 0.4) is 0 Å². The van der Waals surface area contributed by atoms with E-state index in [1.165, 1.54) is 0 Å². The number of H-pyrrole nitrogens is 1. The molecule has 5 nitrogen and oxygen atoms in total. The number of aromatic nitrogens is 2. The lowest BCUT2D eigenvalue weighted by molar-refractivity contribution is 0.600. The van der Waals surface area contributed by atoms with E-state index in [9.17, 15) is 8.42 Å². The van der Waals surface area contributed by atoms with Crippen molar-refractivity contribution in [2.45, 2.75) is 25.7 Å². The molecule has 1 aromatic heterocycles. The fraction of sp³-hybridized carbons (Fsp3) is 0.250. The van der Waals surface area contributed by atoms with Crippen LogP contribution in [0.2, 0.25) is 0 Å². The molecule has 0 radical (unpaired) electrons. The van der Waals surface area contributed by atoms with Crippen LogP contribution in [-0.2, 0) is 10.0 Å². The minimum atomic E-state index is -3.64. The molecule has 0 unspecified atom stereocenters. The summed E-state index contributed by atoms with van der Waals surface area (Å²) in [7, 11) is -3.64. The van der Waals surface area contributed by atoms with Crippen LogP contribution >= 0.6 is 15.9 Å². The molecule has 2 rings (SSSR count). The molecule has 0 aliphatic carbocycles. The molecule has 1 aromatic carbocycles. The van der Waals surface area contributed by atoms with Crippen molar-refractivity contribution in [2.24, 2.45) is 0 Å². The van der Waals surface area contributed by atoms with E-state index < -0.39 is 10.0 Å². The summed E-state index contributed by atoms with van der Waals surface area (Å²) in [4.78, 5) is 0.194. The number of hydrogen-bond donors (Lipinski definition) is 2. The van der Waals surface area contributed by atoms with Crippen molar-refractivity contribution in [1.29, 1.82) is 0 Å². The average Bonchev–Trinajstić information content (AvgIpc) is 2.63. The zero-order chi connectivity index (χ0) is 14.2. The Labute approximate surface area is 120 Å². The number of sulfonamides is 1. The smallest absolute Gasteiger partial charge is 0.265 e. The first-order valence-electron chi connectivity index (χ1n) is 5.62. The highest BCUT2D eigenvalue weighted by molar-refractivity contribution is 9.10. The molecule has 0 amide bonds. The summed E-state index contributed by atoms with van der Waals surface area (Å²) in [6.45, 7) is 5.27. The summed E-state index contributed by atoms with van der Waals surface area (Å²) in [5.74, 6) is 0. The van der Waals surface area contributed by atoms with Gasteiger partial charge in [0, 0.05) is 4.47 Å². The van der Waals surface area contributed by atoms with Crippen molar-refractivity contribution in [3.8, 4) is 0 Å². The molecule has 19 heavy (non-hydrogen) atoms. The zero-order valence-electron chi connectivity index (χ0n) is 10.8. The van der Waals surface area contributed by atoms with Crippen LogP contribution in [0.1, 0.15) is 17.0 Å². The summed E-state index contributed by atoms with van der Waals surface area (Å²) in [5, 5.41) is 6.58. The molecule has 0 saturated heterocycles. The quantitative estimate of drug-likeness (QED) is 0.899. The van der Waals surface area contributed by atoms with Gasteiger partial charge in [-0.05, 0) is 54.4 Å².